The molecule has 2 N–H and O–H groups in total. The van der Waals surface area contributed by atoms with Crippen molar-refractivity contribution in [3.8, 4) is 0 Å². The molecule has 0 bridgehead atoms. The van der Waals surface area contributed by atoms with Gasteiger partial charge in [0.25, 0.3) is 0 Å². The summed E-state index contributed by atoms with van der Waals surface area (Å²) in [7, 11) is 3.36. The number of hydrogen-bond donors (Lipinski definition) is 2. The molecule has 0 aliphatic heterocycles. The second-order valence-electron chi connectivity index (χ2n) is 5.65. The quantitative estimate of drug-likeness (QED) is 0.535. The monoisotopic (exact) mass is 313 g/mol. The minimum absolute atomic E-state index is 0.00656. The molecule has 0 saturated carbocycles. The third kappa shape index (κ3) is 12.2. The van der Waals surface area contributed by atoms with Crippen molar-refractivity contribution in [2.75, 3.05) is 27.2 Å². The van der Waals surface area contributed by atoms with Crippen LogP contribution in [0.15, 0.2) is 0 Å². The van der Waals surface area contributed by atoms with Crippen molar-refractivity contribution >= 4 is 17.7 Å². The fourth-order valence-electron chi connectivity index (χ4n) is 1.91. The molecule has 128 valence electrons. The van der Waals surface area contributed by atoms with Crippen molar-refractivity contribution in [1.29, 1.82) is 0 Å². The second kappa shape index (κ2) is 13.1. The predicted octanol–water partition coefficient (Wildman–Crippen LogP) is 1.45. The van der Waals surface area contributed by atoms with Crippen LogP contribution in [0.25, 0.3) is 0 Å². The van der Waals surface area contributed by atoms with Gasteiger partial charge in [0.05, 0.1) is 0 Å². The van der Waals surface area contributed by atoms with E-state index in [4.69, 9.17) is 0 Å². The Morgan fingerprint density at radius 1 is 0.773 bits per heavy atom. The zero-order valence-corrected chi connectivity index (χ0v) is 14.2. The lowest BCUT2D eigenvalue weighted by Gasteiger charge is -2.10. The predicted molar refractivity (Wildman–Crippen MR) is 87.3 cm³/mol. The molecule has 0 aromatic heterocycles. The molecule has 22 heavy (non-hydrogen) atoms. The lowest BCUT2D eigenvalue weighted by atomic mass is 10.1. The largest absolute Gasteiger partial charge is 0.356 e. The van der Waals surface area contributed by atoms with Crippen LogP contribution in [0.4, 0.5) is 0 Å². The van der Waals surface area contributed by atoms with Crippen LogP contribution < -0.4 is 10.6 Å². The fourth-order valence-corrected chi connectivity index (χ4v) is 1.91. The lowest BCUT2D eigenvalue weighted by molar-refractivity contribution is -0.128. The summed E-state index contributed by atoms with van der Waals surface area (Å²) in [6.45, 7) is 2.84. The number of unbranched alkanes of at least 4 members (excludes halogenated alkanes) is 4. The van der Waals surface area contributed by atoms with Crippen molar-refractivity contribution in [1.82, 2.24) is 15.5 Å². The molecular formula is C16H31N3O3. The Balaban J connectivity index is 3.51. The van der Waals surface area contributed by atoms with Gasteiger partial charge >= 0.3 is 0 Å². The Hall–Kier alpha value is -1.59. The molecule has 0 spiro atoms. The topological polar surface area (TPSA) is 78.5 Å². The first kappa shape index (κ1) is 20.4. The summed E-state index contributed by atoms with van der Waals surface area (Å²) in [5.74, 6) is -0.154. The maximum Gasteiger partial charge on any atom is 0.223 e. The zero-order valence-electron chi connectivity index (χ0n) is 14.2. The molecule has 0 aliphatic rings. The summed E-state index contributed by atoms with van der Waals surface area (Å²) in [4.78, 5) is 35.9. The third-order valence-electron chi connectivity index (χ3n) is 3.34. The molecule has 0 atom stereocenters. The summed E-state index contributed by atoms with van der Waals surface area (Å²) in [5.41, 5.74) is 0. The highest BCUT2D eigenvalue weighted by atomic mass is 16.2. The number of hydrogen-bond acceptors (Lipinski definition) is 3. The first-order valence-electron chi connectivity index (χ1n) is 8.21. The van der Waals surface area contributed by atoms with Crippen LogP contribution in [0, 0.1) is 0 Å². The van der Waals surface area contributed by atoms with Crippen LogP contribution in [0.3, 0.4) is 0 Å². The molecule has 0 fully saturated rings. The molecule has 0 saturated heterocycles. The van der Waals surface area contributed by atoms with E-state index in [-0.39, 0.29) is 24.1 Å². The Labute approximate surface area is 134 Å². The van der Waals surface area contributed by atoms with Crippen LogP contribution in [0.5, 0.6) is 0 Å². The molecule has 0 radical (unpaired) electrons. The van der Waals surface area contributed by atoms with Crippen molar-refractivity contribution in [3.05, 3.63) is 0 Å². The number of nitrogens with one attached hydrogen (secondary N) is 2. The summed E-state index contributed by atoms with van der Waals surface area (Å²) in [5, 5.41) is 5.42. The Morgan fingerprint density at radius 3 is 1.91 bits per heavy atom. The van der Waals surface area contributed by atoms with E-state index in [9.17, 15) is 14.4 Å². The molecule has 0 heterocycles. The summed E-state index contributed by atoms with van der Waals surface area (Å²) < 4.78 is 0. The van der Waals surface area contributed by atoms with Crippen LogP contribution in [-0.2, 0) is 14.4 Å². The Morgan fingerprint density at radius 2 is 1.32 bits per heavy atom. The first-order chi connectivity index (χ1) is 10.5. The maximum atomic E-state index is 11.5. The maximum absolute atomic E-state index is 11.5. The highest BCUT2D eigenvalue weighted by molar-refractivity contribution is 5.80. The smallest absolute Gasteiger partial charge is 0.223 e. The van der Waals surface area contributed by atoms with Gasteiger partial charge in [0, 0.05) is 46.4 Å². The highest BCUT2D eigenvalue weighted by Gasteiger charge is 2.06. The first-order valence-corrected chi connectivity index (χ1v) is 8.21. The van der Waals surface area contributed by atoms with Gasteiger partial charge in [0.15, 0.2) is 0 Å². The molecule has 6 nitrogen and oxygen atoms in total. The average Bonchev–Trinajstić information content (AvgIpc) is 2.46. The normalized spacial score (nSPS) is 10.1. The van der Waals surface area contributed by atoms with Crippen LogP contribution in [-0.4, -0.2) is 49.8 Å². The number of amides is 3. The van der Waals surface area contributed by atoms with Gasteiger partial charge in [-0.15, -0.1) is 0 Å². The minimum Gasteiger partial charge on any atom is -0.356 e. The van der Waals surface area contributed by atoms with Gasteiger partial charge in [0.1, 0.15) is 0 Å². The molecular weight excluding hydrogens is 282 g/mol. The summed E-state index contributed by atoms with van der Waals surface area (Å²) in [6, 6.07) is 0. The molecule has 0 aliphatic carbocycles. The van der Waals surface area contributed by atoms with Gasteiger partial charge in [0.2, 0.25) is 17.7 Å². The fraction of sp³-hybridized carbons (Fsp3) is 0.812. The van der Waals surface area contributed by atoms with E-state index in [1.807, 2.05) is 0 Å². The molecule has 0 unspecified atom stereocenters. The standard InChI is InChI=1S/C16H31N3O3/c1-4-5-6-7-8-9-14(20)17-12-10-15(21)18-13-11-16(22)19(2)3/h4-13H2,1-3H3,(H,17,20)(H,18,21). The van der Waals surface area contributed by atoms with Crippen molar-refractivity contribution < 1.29 is 14.4 Å². The molecule has 6 heteroatoms. The van der Waals surface area contributed by atoms with E-state index in [1.54, 1.807) is 14.1 Å². The van der Waals surface area contributed by atoms with Gasteiger partial charge in [-0.2, -0.15) is 0 Å². The van der Waals surface area contributed by atoms with Gasteiger partial charge in [-0.1, -0.05) is 32.6 Å². The van der Waals surface area contributed by atoms with Crippen molar-refractivity contribution in [3.63, 3.8) is 0 Å². The van der Waals surface area contributed by atoms with E-state index < -0.39 is 0 Å². The number of rotatable bonds is 12. The van der Waals surface area contributed by atoms with E-state index in [0.29, 0.717) is 25.9 Å². The van der Waals surface area contributed by atoms with E-state index in [2.05, 4.69) is 17.6 Å². The van der Waals surface area contributed by atoms with Crippen molar-refractivity contribution in [2.45, 2.75) is 58.3 Å². The number of carbonyl (C=O) groups excluding carboxylic acids is 3. The summed E-state index contributed by atoms with van der Waals surface area (Å²) in [6.07, 6.45) is 6.66. The van der Waals surface area contributed by atoms with Gasteiger partial charge < -0.3 is 15.5 Å². The zero-order chi connectivity index (χ0) is 16.8. The van der Waals surface area contributed by atoms with Gasteiger partial charge in [-0.3, -0.25) is 14.4 Å². The van der Waals surface area contributed by atoms with Gasteiger partial charge in [-0.05, 0) is 6.42 Å². The number of nitrogens with zero attached hydrogens (tertiary/aromatic N) is 1. The Kier molecular flexibility index (Phi) is 12.2. The van der Waals surface area contributed by atoms with Crippen LogP contribution in [0.1, 0.15) is 58.3 Å². The minimum atomic E-state index is -0.144. The average molecular weight is 313 g/mol. The molecule has 3 amide bonds. The second-order valence-corrected chi connectivity index (χ2v) is 5.65. The SMILES string of the molecule is CCCCCCCC(=O)NCCC(=O)NCCC(=O)N(C)C. The van der Waals surface area contributed by atoms with E-state index >= 15 is 0 Å². The van der Waals surface area contributed by atoms with Crippen LogP contribution >= 0.6 is 0 Å². The third-order valence-corrected chi connectivity index (χ3v) is 3.34. The highest BCUT2D eigenvalue weighted by Crippen LogP contribution is 2.04. The van der Waals surface area contributed by atoms with Crippen molar-refractivity contribution in [2.24, 2.45) is 0 Å². The van der Waals surface area contributed by atoms with Crippen LogP contribution in [0.2, 0.25) is 0 Å². The molecule has 0 aromatic carbocycles. The van der Waals surface area contributed by atoms with E-state index in [1.165, 1.54) is 24.2 Å². The van der Waals surface area contributed by atoms with Gasteiger partial charge in [-0.25, -0.2) is 0 Å². The number of carbonyl (C=O) groups is 3. The Bertz CT molecular complexity index is 344. The molecule has 0 rings (SSSR count). The summed E-state index contributed by atoms with van der Waals surface area (Å²) >= 11 is 0. The molecule has 0 aromatic rings. The van der Waals surface area contributed by atoms with E-state index in [0.717, 1.165) is 12.8 Å². The lowest BCUT2D eigenvalue weighted by Crippen LogP contribution is -2.33.